The van der Waals surface area contributed by atoms with Gasteiger partial charge in [-0.1, -0.05) is 59.8 Å². The van der Waals surface area contributed by atoms with Gasteiger partial charge >= 0.3 is 0 Å². The van der Waals surface area contributed by atoms with Gasteiger partial charge in [0.05, 0.1) is 12.2 Å². The lowest BCUT2D eigenvalue weighted by atomic mass is 10.1. The van der Waals surface area contributed by atoms with E-state index >= 15 is 0 Å². The van der Waals surface area contributed by atoms with Gasteiger partial charge in [0.2, 0.25) is 11.8 Å². The Morgan fingerprint density at radius 2 is 1.58 bits per heavy atom. The second-order valence-corrected chi connectivity index (χ2v) is 7.60. The van der Waals surface area contributed by atoms with E-state index in [9.17, 15) is 14.4 Å². The second kappa shape index (κ2) is 7.36. The summed E-state index contributed by atoms with van der Waals surface area (Å²) in [6.07, 6.45) is 0.558. The number of benzene rings is 2. The van der Waals surface area contributed by atoms with Crippen molar-refractivity contribution in [2.24, 2.45) is 7.05 Å². The molecule has 4 aromatic rings. The van der Waals surface area contributed by atoms with E-state index in [1.807, 2.05) is 54.6 Å². The van der Waals surface area contributed by atoms with Crippen LogP contribution < -0.4 is 5.56 Å². The maximum absolute atomic E-state index is 13.1. The van der Waals surface area contributed by atoms with Gasteiger partial charge in [-0.2, -0.15) is 0 Å². The van der Waals surface area contributed by atoms with Crippen molar-refractivity contribution >= 4 is 22.8 Å². The van der Waals surface area contributed by atoms with Gasteiger partial charge in [0.25, 0.3) is 5.56 Å². The van der Waals surface area contributed by atoms with Crippen molar-refractivity contribution in [1.82, 2.24) is 14.6 Å². The zero-order valence-corrected chi connectivity index (χ0v) is 16.9. The topological polar surface area (TPSA) is 85.4 Å². The molecule has 0 radical (unpaired) electrons. The summed E-state index contributed by atoms with van der Waals surface area (Å²) < 4.78 is 7.07. The molecule has 31 heavy (non-hydrogen) atoms. The first-order chi connectivity index (χ1) is 15.0. The van der Waals surface area contributed by atoms with Gasteiger partial charge in [-0.15, -0.1) is 0 Å². The van der Waals surface area contributed by atoms with Crippen molar-refractivity contribution in [3.05, 3.63) is 76.6 Å². The standard InChI is InChI=1S/C24H19N3O4/c1-26-18(16-9-7-15(8-10-16)14-27-20(28)11-12-21(27)29)13-19-22(24(26)30)23(25-31-19)17-5-3-2-4-6-17/h2-10,13H,11-12,14H2,1H3. The van der Waals surface area contributed by atoms with Crippen molar-refractivity contribution in [2.75, 3.05) is 0 Å². The molecule has 5 rings (SSSR count). The minimum absolute atomic E-state index is 0.138. The summed E-state index contributed by atoms with van der Waals surface area (Å²) in [6, 6.07) is 18.7. The van der Waals surface area contributed by atoms with Crippen LogP contribution >= 0.6 is 0 Å². The number of carbonyl (C=O) groups is 2. The third-order valence-corrected chi connectivity index (χ3v) is 5.66. The number of imide groups is 1. The normalized spacial score (nSPS) is 14.0. The Kier molecular flexibility index (Phi) is 4.51. The Hall–Kier alpha value is -4.00. The van der Waals surface area contributed by atoms with Crippen LogP contribution in [0.25, 0.3) is 33.5 Å². The minimum atomic E-state index is -0.190. The van der Waals surface area contributed by atoms with Gasteiger partial charge in [0, 0.05) is 31.5 Å². The second-order valence-electron chi connectivity index (χ2n) is 7.60. The largest absolute Gasteiger partial charge is 0.355 e. The summed E-state index contributed by atoms with van der Waals surface area (Å²) in [6.45, 7) is 0.262. The number of hydrogen-bond acceptors (Lipinski definition) is 5. The molecule has 2 amide bonds. The molecule has 0 N–H and O–H groups in total. The summed E-state index contributed by atoms with van der Waals surface area (Å²) in [7, 11) is 1.72. The molecule has 0 atom stereocenters. The highest BCUT2D eigenvalue weighted by atomic mass is 16.5. The highest BCUT2D eigenvalue weighted by Gasteiger charge is 2.28. The van der Waals surface area contributed by atoms with Crippen molar-refractivity contribution in [1.29, 1.82) is 0 Å². The molecule has 1 saturated heterocycles. The van der Waals surface area contributed by atoms with E-state index in [1.54, 1.807) is 17.7 Å². The van der Waals surface area contributed by atoms with Gasteiger partial charge in [-0.05, 0) is 11.1 Å². The molecule has 0 aliphatic carbocycles. The quantitative estimate of drug-likeness (QED) is 0.478. The van der Waals surface area contributed by atoms with Crippen LogP contribution in [0.15, 0.2) is 70.0 Å². The average molecular weight is 413 g/mol. The molecule has 2 aromatic carbocycles. The van der Waals surface area contributed by atoms with E-state index in [0.717, 1.165) is 16.7 Å². The number of nitrogens with zero attached hydrogens (tertiary/aromatic N) is 3. The molecule has 1 aliphatic heterocycles. The summed E-state index contributed by atoms with van der Waals surface area (Å²) in [5, 5.41) is 4.57. The molecule has 0 spiro atoms. The number of amides is 2. The van der Waals surface area contributed by atoms with Crippen LogP contribution in [0.5, 0.6) is 0 Å². The van der Waals surface area contributed by atoms with Crippen LogP contribution in [0.2, 0.25) is 0 Å². The summed E-state index contributed by atoms with van der Waals surface area (Å²) >= 11 is 0. The fourth-order valence-corrected chi connectivity index (χ4v) is 3.94. The summed E-state index contributed by atoms with van der Waals surface area (Å²) in [5.41, 5.74) is 3.94. The number of pyridine rings is 1. The smallest absolute Gasteiger partial charge is 0.264 e. The first kappa shape index (κ1) is 19.0. The van der Waals surface area contributed by atoms with Gasteiger partial charge in [0.1, 0.15) is 11.1 Å². The van der Waals surface area contributed by atoms with E-state index in [1.165, 1.54) is 4.90 Å². The highest BCUT2D eigenvalue weighted by molar-refractivity contribution is 6.01. The van der Waals surface area contributed by atoms with E-state index in [4.69, 9.17) is 4.52 Å². The maximum atomic E-state index is 13.1. The molecule has 3 heterocycles. The van der Waals surface area contributed by atoms with Crippen LogP contribution in [-0.2, 0) is 23.2 Å². The first-order valence-corrected chi connectivity index (χ1v) is 10.0. The fraction of sp³-hybridized carbons (Fsp3) is 0.167. The summed E-state index contributed by atoms with van der Waals surface area (Å²) in [5.74, 6) is -0.275. The predicted octanol–water partition coefficient (Wildman–Crippen LogP) is 3.51. The number of aromatic nitrogens is 2. The van der Waals surface area contributed by atoms with E-state index < -0.39 is 0 Å². The molecule has 7 nitrogen and oxygen atoms in total. The van der Waals surface area contributed by atoms with Crippen LogP contribution in [0.1, 0.15) is 18.4 Å². The van der Waals surface area contributed by atoms with Crippen molar-refractivity contribution in [3.8, 4) is 22.5 Å². The molecule has 1 fully saturated rings. The van der Waals surface area contributed by atoms with E-state index in [2.05, 4.69) is 5.16 Å². The molecule has 0 bridgehead atoms. The number of carbonyl (C=O) groups excluding carboxylic acids is 2. The Labute approximate surface area is 177 Å². The lowest BCUT2D eigenvalue weighted by molar-refractivity contribution is -0.139. The highest BCUT2D eigenvalue weighted by Crippen LogP contribution is 2.29. The number of likely N-dealkylation sites (tertiary alicyclic amines) is 1. The molecule has 154 valence electrons. The first-order valence-electron chi connectivity index (χ1n) is 10.0. The molecule has 0 unspecified atom stereocenters. The fourth-order valence-electron chi connectivity index (χ4n) is 3.94. The van der Waals surface area contributed by atoms with Crippen LogP contribution in [-0.4, -0.2) is 26.4 Å². The SMILES string of the molecule is Cn1c(-c2ccc(CN3C(=O)CCC3=O)cc2)cc2onc(-c3ccccc3)c2c1=O. The number of hydrogen-bond donors (Lipinski definition) is 0. The zero-order valence-electron chi connectivity index (χ0n) is 16.9. The Bertz CT molecular complexity index is 1350. The van der Waals surface area contributed by atoms with Gasteiger partial charge in [0.15, 0.2) is 5.58 Å². The average Bonchev–Trinajstić information content (AvgIpc) is 3.36. The van der Waals surface area contributed by atoms with Crippen LogP contribution in [0.4, 0.5) is 0 Å². The van der Waals surface area contributed by atoms with Gasteiger partial charge in [-0.25, -0.2) is 0 Å². The third kappa shape index (κ3) is 3.24. The number of fused-ring (bicyclic) bond motifs is 1. The maximum Gasteiger partial charge on any atom is 0.264 e. The van der Waals surface area contributed by atoms with Crippen LogP contribution in [0, 0.1) is 0 Å². The van der Waals surface area contributed by atoms with Gasteiger partial charge in [-0.3, -0.25) is 19.3 Å². The van der Waals surface area contributed by atoms with E-state index in [0.29, 0.717) is 22.4 Å². The molecule has 1 aliphatic rings. The lowest BCUT2D eigenvalue weighted by Crippen LogP contribution is -2.28. The Morgan fingerprint density at radius 3 is 2.26 bits per heavy atom. The van der Waals surface area contributed by atoms with Crippen molar-refractivity contribution in [3.63, 3.8) is 0 Å². The minimum Gasteiger partial charge on any atom is -0.355 e. The molecular formula is C24H19N3O4. The molecule has 7 heteroatoms. The van der Waals surface area contributed by atoms with Crippen LogP contribution in [0.3, 0.4) is 0 Å². The van der Waals surface area contributed by atoms with Crippen molar-refractivity contribution < 1.29 is 14.1 Å². The lowest BCUT2D eigenvalue weighted by Gasteiger charge is -2.14. The van der Waals surface area contributed by atoms with E-state index in [-0.39, 0.29) is 36.8 Å². The monoisotopic (exact) mass is 413 g/mol. The van der Waals surface area contributed by atoms with Gasteiger partial charge < -0.3 is 9.09 Å². The Balaban J connectivity index is 1.51. The predicted molar refractivity (Wildman–Crippen MR) is 115 cm³/mol. The Morgan fingerprint density at radius 1 is 0.903 bits per heavy atom. The third-order valence-electron chi connectivity index (χ3n) is 5.66. The number of rotatable bonds is 4. The van der Waals surface area contributed by atoms with Crippen molar-refractivity contribution in [2.45, 2.75) is 19.4 Å². The molecule has 0 saturated carbocycles. The molecule has 2 aromatic heterocycles. The zero-order chi connectivity index (χ0) is 21.5. The molecular weight excluding hydrogens is 394 g/mol. The summed E-state index contributed by atoms with van der Waals surface area (Å²) in [4.78, 5) is 38.1.